The SMILES string of the molecule is O=C(O)Oc1ccno1. The summed E-state index contributed by atoms with van der Waals surface area (Å²) in [6, 6.07) is 1.30. The number of ether oxygens (including phenoxy) is 1. The molecular weight excluding hydrogens is 126 g/mol. The molecule has 0 bridgehead atoms. The van der Waals surface area contributed by atoms with E-state index in [9.17, 15) is 4.79 Å². The second kappa shape index (κ2) is 2.17. The van der Waals surface area contributed by atoms with Crippen LogP contribution in [-0.2, 0) is 0 Å². The van der Waals surface area contributed by atoms with Gasteiger partial charge in [0.05, 0.1) is 6.20 Å². The van der Waals surface area contributed by atoms with Gasteiger partial charge in [-0.2, -0.15) is 0 Å². The van der Waals surface area contributed by atoms with Gasteiger partial charge in [0.25, 0.3) is 0 Å². The fraction of sp³-hybridized carbons (Fsp3) is 0. The average molecular weight is 129 g/mol. The molecule has 0 aliphatic carbocycles. The van der Waals surface area contributed by atoms with E-state index in [2.05, 4.69) is 14.4 Å². The Morgan fingerprint density at radius 3 is 3.11 bits per heavy atom. The van der Waals surface area contributed by atoms with Crippen LogP contribution in [0.3, 0.4) is 0 Å². The zero-order valence-corrected chi connectivity index (χ0v) is 4.27. The van der Waals surface area contributed by atoms with Crippen LogP contribution < -0.4 is 4.74 Å². The van der Waals surface area contributed by atoms with E-state index in [1.165, 1.54) is 12.3 Å². The highest BCUT2D eigenvalue weighted by atomic mass is 16.7. The molecule has 1 aromatic rings. The van der Waals surface area contributed by atoms with Gasteiger partial charge in [-0.1, -0.05) is 5.16 Å². The van der Waals surface area contributed by atoms with Crippen molar-refractivity contribution in [3.05, 3.63) is 12.3 Å². The van der Waals surface area contributed by atoms with E-state index in [4.69, 9.17) is 5.11 Å². The predicted octanol–water partition coefficient (Wildman–Crippen LogP) is 0.731. The van der Waals surface area contributed by atoms with Gasteiger partial charge >= 0.3 is 12.1 Å². The summed E-state index contributed by atoms with van der Waals surface area (Å²) in [7, 11) is 0. The van der Waals surface area contributed by atoms with Crippen molar-refractivity contribution < 1.29 is 19.2 Å². The molecule has 0 unspecified atom stereocenters. The summed E-state index contributed by atoms with van der Waals surface area (Å²) in [5.41, 5.74) is 0. The first kappa shape index (κ1) is 5.61. The second-order valence-corrected chi connectivity index (χ2v) is 1.20. The molecule has 1 N–H and O–H groups in total. The van der Waals surface area contributed by atoms with Crippen LogP contribution >= 0.6 is 0 Å². The molecule has 9 heavy (non-hydrogen) atoms. The highest BCUT2D eigenvalue weighted by Gasteiger charge is 2.01. The summed E-state index contributed by atoms with van der Waals surface area (Å²) in [4.78, 5) is 9.76. The maximum atomic E-state index is 9.76. The van der Waals surface area contributed by atoms with E-state index >= 15 is 0 Å². The third kappa shape index (κ3) is 1.45. The third-order valence-electron chi connectivity index (χ3n) is 0.602. The minimum absolute atomic E-state index is 0.123. The van der Waals surface area contributed by atoms with Gasteiger partial charge in [0.2, 0.25) is 0 Å². The van der Waals surface area contributed by atoms with Crippen molar-refractivity contribution in [1.82, 2.24) is 5.16 Å². The summed E-state index contributed by atoms with van der Waals surface area (Å²) >= 11 is 0. The summed E-state index contributed by atoms with van der Waals surface area (Å²) in [5.74, 6) is -0.123. The molecule has 0 aromatic carbocycles. The quantitative estimate of drug-likeness (QED) is 0.566. The minimum Gasteiger partial charge on any atom is -0.449 e. The van der Waals surface area contributed by atoms with Crippen LogP contribution in [-0.4, -0.2) is 16.4 Å². The molecule has 5 nitrogen and oxygen atoms in total. The van der Waals surface area contributed by atoms with Gasteiger partial charge in [0.1, 0.15) is 0 Å². The number of carboxylic acid groups (broad SMARTS) is 1. The van der Waals surface area contributed by atoms with Crippen LogP contribution in [0.4, 0.5) is 4.79 Å². The normalized spacial score (nSPS) is 8.89. The van der Waals surface area contributed by atoms with Gasteiger partial charge < -0.3 is 14.4 Å². The van der Waals surface area contributed by atoms with Crippen molar-refractivity contribution in [3.63, 3.8) is 0 Å². The smallest absolute Gasteiger partial charge is 0.449 e. The lowest BCUT2D eigenvalue weighted by molar-refractivity contribution is 0.128. The first-order valence-corrected chi connectivity index (χ1v) is 2.10. The van der Waals surface area contributed by atoms with Crippen LogP contribution in [0.1, 0.15) is 0 Å². The molecule has 0 atom stereocenters. The number of aromatic nitrogens is 1. The molecule has 0 spiro atoms. The number of carbonyl (C=O) groups is 1. The van der Waals surface area contributed by atoms with Gasteiger partial charge in [-0.3, -0.25) is 0 Å². The molecule has 48 valence electrons. The minimum atomic E-state index is -1.41. The van der Waals surface area contributed by atoms with E-state index < -0.39 is 6.16 Å². The van der Waals surface area contributed by atoms with Gasteiger partial charge in [-0.05, 0) is 0 Å². The Kier molecular flexibility index (Phi) is 1.35. The van der Waals surface area contributed by atoms with Crippen molar-refractivity contribution in [1.29, 1.82) is 0 Å². The monoisotopic (exact) mass is 129 g/mol. The number of hydrogen-bond acceptors (Lipinski definition) is 4. The number of rotatable bonds is 1. The maximum absolute atomic E-state index is 9.76. The molecular formula is C4H3NO4. The third-order valence-corrected chi connectivity index (χ3v) is 0.602. The summed E-state index contributed by atoms with van der Waals surface area (Å²) in [5, 5.41) is 11.2. The van der Waals surface area contributed by atoms with Gasteiger partial charge in [-0.15, -0.1) is 0 Å². The summed E-state index contributed by atoms with van der Waals surface area (Å²) in [6.45, 7) is 0. The van der Waals surface area contributed by atoms with Crippen molar-refractivity contribution >= 4 is 6.16 Å². The zero-order chi connectivity index (χ0) is 6.69. The molecule has 1 heterocycles. The predicted molar refractivity (Wildman–Crippen MR) is 25.2 cm³/mol. The molecule has 0 saturated carbocycles. The van der Waals surface area contributed by atoms with Gasteiger partial charge in [0, 0.05) is 6.07 Å². The standard InChI is InChI=1S/C4H3NO4/c6-4(7)8-3-1-2-5-9-3/h1-2H,(H,6,7). The van der Waals surface area contributed by atoms with Crippen LogP contribution in [0.15, 0.2) is 16.8 Å². The largest absolute Gasteiger partial charge is 0.513 e. The van der Waals surface area contributed by atoms with Crippen molar-refractivity contribution in [3.8, 4) is 5.95 Å². The van der Waals surface area contributed by atoms with E-state index in [-0.39, 0.29) is 5.95 Å². The molecule has 5 heteroatoms. The lowest BCUT2D eigenvalue weighted by Gasteiger charge is -1.87. The van der Waals surface area contributed by atoms with Crippen LogP contribution in [0.2, 0.25) is 0 Å². The van der Waals surface area contributed by atoms with E-state index in [1.807, 2.05) is 0 Å². The number of nitrogens with zero attached hydrogens (tertiary/aromatic N) is 1. The maximum Gasteiger partial charge on any atom is 0.513 e. The molecule has 0 aliphatic heterocycles. The van der Waals surface area contributed by atoms with Crippen LogP contribution in [0.25, 0.3) is 0 Å². The van der Waals surface area contributed by atoms with E-state index in [0.717, 1.165) is 0 Å². The fourth-order valence-corrected chi connectivity index (χ4v) is 0.343. The molecule has 0 fully saturated rings. The lowest BCUT2D eigenvalue weighted by Crippen LogP contribution is -2.01. The lowest BCUT2D eigenvalue weighted by atomic mass is 10.7. The molecule has 0 aliphatic rings. The topological polar surface area (TPSA) is 72.6 Å². The van der Waals surface area contributed by atoms with Gasteiger partial charge in [0.15, 0.2) is 0 Å². The molecule has 0 saturated heterocycles. The highest BCUT2D eigenvalue weighted by molar-refractivity contribution is 5.59. The van der Waals surface area contributed by atoms with Crippen LogP contribution in [0.5, 0.6) is 5.95 Å². The van der Waals surface area contributed by atoms with Crippen molar-refractivity contribution in [2.75, 3.05) is 0 Å². The first-order valence-electron chi connectivity index (χ1n) is 2.10. The van der Waals surface area contributed by atoms with Crippen molar-refractivity contribution in [2.45, 2.75) is 0 Å². The number of hydrogen-bond donors (Lipinski definition) is 1. The molecule has 0 amide bonds. The van der Waals surface area contributed by atoms with E-state index in [0.29, 0.717) is 0 Å². The average Bonchev–Trinajstić information content (AvgIpc) is 2.15. The first-order chi connectivity index (χ1) is 4.29. The molecule has 0 radical (unpaired) electrons. The Morgan fingerprint density at radius 2 is 2.67 bits per heavy atom. The Morgan fingerprint density at radius 1 is 1.89 bits per heavy atom. The van der Waals surface area contributed by atoms with E-state index in [1.54, 1.807) is 0 Å². The summed E-state index contributed by atoms with van der Waals surface area (Å²) < 4.78 is 8.33. The van der Waals surface area contributed by atoms with Gasteiger partial charge in [-0.25, -0.2) is 4.79 Å². The molecule has 1 aromatic heterocycles. The fourth-order valence-electron chi connectivity index (χ4n) is 0.343. The summed E-state index contributed by atoms with van der Waals surface area (Å²) in [6.07, 6.45) is -0.120. The zero-order valence-electron chi connectivity index (χ0n) is 4.27. The molecule has 1 rings (SSSR count). The Labute approximate surface area is 49.8 Å². The van der Waals surface area contributed by atoms with Crippen molar-refractivity contribution in [2.24, 2.45) is 0 Å². The Bertz CT molecular complexity index is 192. The highest BCUT2D eigenvalue weighted by Crippen LogP contribution is 2.06. The Balaban J connectivity index is 2.58. The Hall–Kier alpha value is -1.52. The van der Waals surface area contributed by atoms with Crippen LogP contribution in [0, 0.1) is 0 Å². The second-order valence-electron chi connectivity index (χ2n) is 1.20.